The molecule has 3 N–H and O–H groups in total. The summed E-state index contributed by atoms with van der Waals surface area (Å²) < 4.78 is 0. The summed E-state index contributed by atoms with van der Waals surface area (Å²) in [7, 11) is 0. The molecule has 3 rings (SSSR count). The number of nitrogens with two attached hydrogens (primary N) is 1. The molecule has 2 aromatic carbocycles. The van der Waals surface area contributed by atoms with E-state index in [-0.39, 0.29) is 24.2 Å². The predicted octanol–water partition coefficient (Wildman–Crippen LogP) is 3.14. The van der Waals surface area contributed by atoms with Crippen LogP contribution in [0.3, 0.4) is 0 Å². The Labute approximate surface area is 153 Å². The third-order valence-corrected chi connectivity index (χ3v) is 4.17. The van der Waals surface area contributed by atoms with Crippen molar-refractivity contribution in [3.8, 4) is 0 Å². The summed E-state index contributed by atoms with van der Waals surface area (Å²) in [5.41, 5.74) is 8.71. The van der Waals surface area contributed by atoms with Gasteiger partial charge >= 0.3 is 0 Å². The summed E-state index contributed by atoms with van der Waals surface area (Å²) in [6, 6.07) is 14.6. The number of carbonyl (C=O) groups is 2. The van der Waals surface area contributed by atoms with Crippen LogP contribution in [0, 0.1) is 0 Å². The zero-order chi connectivity index (χ0) is 16.9. The third-order valence-electron chi connectivity index (χ3n) is 4.17. The molecule has 1 saturated heterocycles. The molecule has 5 nitrogen and oxygen atoms in total. The lowest BCUT2D eigenvalue weighted by Crippen LogP contribution is -2.35. The lowest BCUT2D eigenvalue weighted by Gasteiger charge is -2.26. The molecule has 6 heteroatoms. The first kappa shape index (κ1) is 18.8. The van der Waals surface area contributed by atoms with Gasteiger partial charge in [-0.15, -0.1) is 12.4 Å². The summed E-state index contributed by atoms with van der Waals surface area (Å²) in [4.78, 5) is 25.9. The normalized spacial score (nSPS) is 13.9. The number of nitrogens with zero attached hydrogens (tertiary/aromatic N) is 1. The van der Waals surface area contributed by atoms with Crippen molar-refractivity contribution in [1.29, 1.82) is 0 Å². The quantitative estimate of drug-likeness (QED) is 0.823. The van der Waals surface area contributed by atoms with Crippen molar-refractivity contribution in [3.05, 3.63) is 59.7 Å². The van der Waals surface area contributed by atoms with Crippen LogP contribution in [0.15, 0.2) is 48.5 Å². The standard InChI is InChI=1S/C19H21N3O2.ClH/c20-16-5-3-4-15(12-16)19(24)21-13-14-7-9-17(10-8-14)22-11-2-1-6-18(22)23;/h3-5,7-10,12H,1-2,6,11,13,20H2,(H,21,24);1H. The minimum atomic E-state index is -0.155. The fourth-order valence-corrected chi connectivity index (χ4v) is 2.84. The topological polar surface area (TPSA) is 75.4 Å². The SMILES string of the molecule is Cl.Nc1cccc(C(=O)NCc2ccc(N3CCCCC3=O)cc2)c1. The first-order chi connectivity index (χ1) is 11.6. The smallest absolute Gasteiger partial charge is 0.251 e. The zero-order valence-electron chi connectivity index (χ0n) is 13.9. The fourth-order valence-electron chi connectivity index (χ4n) is 2.84. The second-order valence-electron chi connectivity index (χ2n) is 5.98. The van der Waals surface area contributed by atoms with Crippen molar-refractivity contribution in [2.75, 3.05) is 17.2 Å². The molecular formula is C19H22ClN3O2. The van der Waals surface area contributed by atoms with E-state index in [0.29, 0.717) is 24.2 Å². The monoisotopic (exact) mass is 359 g/mol. The minimum absolute atomic E-state index is 0. The highest BCUT2D eigenvalue weighted by atomic mass is 35.5. The predicted molar refractivity (Wildman–Crippen MR) is 102 cm³/mol. The van der Waals surface area contributed by atoms with E-state index in [0.717, 1.165) is 30.6 Å². The summed E-state index contributed by atoms with van der Waals surface area (Å²) in [5, 5.41) is 2.88. The van der Waals surface area contributed by atoms with Crippen LogP contribution in [0.25, 0.3) is 0 Å². The highest BCUT2D eigenvalue weighted by Crippen LogP contribution is 2.21. The summed E-state index contributed by atoms with van der Waals surface area (Å²) >= 11 is 0. The molecule has 1 heterocycles. The van der Waals surface area contributed by atoms with Gasteiger partial charge in [-0.25, -0.2) is 0 Å². The van der Waals surface area contributed by atoms with Gasteiger partial charge in [-0.05, 0) is 48.7 Å². The van der Waals surface area contributed by atoms with Gasteiger partial charge < -0.3 is 16.0 Å². The number of benzene rings is 2. The number of hydrogen-bond donors (Lipinski definition) is 2. The molecule has 0 spiro atoms. The van der Waals surface area contributed by atoms with E-state index in [9.17, 15) is 9.59 Å². The average Bonchev–Trinajstić information content (AvgIpc) is 2.61. The maximum absolute atomic E-state index is 12.1. The maximum Gasteiger partial charge on any atom is 0.251 e. The second kappa shape index (κ2) is 8.53. The van der Waals surface area contributed by atoms with Crippen molar-refractivity contribution in [2.24, 2.45) is 0 Å². The fraction of sp³-hybridized carbons (Fsp3) is 0.263. The van der Waals surface area contributed by atoms with Gasteiger partial charge in [0.2, 0.25) is 5.91 Å². The van der Waals surface area contributed by atoms with Crippen LogP contribution in [-0.2, 0) is 11.3 Å². The summed E-state index contributed by atoms with van der Waals surface area (Å²) in [5.74, 6) is 0.0292. The Balaban J connectivity index is 0.00000225. The van der Waals surface area contributed by atoms with Gasteiger partial charge in [0.15, 0.2) is 0 Å². The Morgan fingerprint density at radius 1 is 1.12 bits per heavy atom. The van der Waals surface area contributed by atoms with Gasteiger partial charge in [-0.1, -0.05) is 18.2 Å². The van der Waals surface area contributed by atoms with Crippen molar-refractivity contribution in [2.45, 2.75) is 25.8 Å². The van der Waals surface area contributed by atoms with Gasteiger partial charge in [-0.2, -0.15) is 0 Å². The highest BCUT2D eigenvalue weighted by molar-refractivity contribution is 5.95. The molecular weight excluding hydrogens is 338 g/mol. The molecule has 0 aromatic heterocycles. The second-order valence-corrected chi connectivity index (χ2v) is 5.98. The number of anilines is 2. The zero-order valence-corrected chi connectivity index (χ0v) is 14.7. The van der Waals surface area contributed by atoms with Crippen molar-refractivity contribution in [1.82, 2.24) is 5.32 Å². The van der Waals surface area contributed by atoms with E-state index in [4.69, 9.17) is 5.73 Å². The van der Waals surface area contributed by atoms with Gasteiger partial charge in [0.1, 0.15) is 0 Å². The van der Waals surface area contributed by atoms with Gasteiger partial charge in [0.25, 0.3) is 5.91 Å². The maximum atomic E-state index is 12.1. The Bertz CT molecular complexity index is 747. The number of nitrogens with one attached hydrogen (secondary N) is 1. The average molecular weight is 360 g/mol. The van der Waals surface area contributed by atoms with Crippen LogP contribution in [0.5, 0.6) is 0 Å². The number of piperidine rings is 1. The van der Waals surface area contributed by atoms with E-state index in [1.165, 1.54) is 0 Å². The van der Waals surface area contributed by atoms with E-state index in [1.807, 2.05) is 29.2 Å². The molecule has 25 heavy (non-hydrogen) atoms. The Hall–Kier alpha value is -2.53. The summed E-state index contributed by atoms with van der Waals surface area (Å²) in [6.45, 7) is 1.21. The number of amides is 2. The molecule has 132 valence electrons. The first-order valence-electron chi connectivity index (χ1n) is 8.16. The van der Waals surface area contributed by atoms with Gasteiger partial charge in [0, 0.05) is 36.4 Å². The Morgan fingerprint density at radius 3 is 2.56 bits per heavy atom. The van der Waals surface area contributed by atoms with E-state index in [1.54, 1.807) is 24.3 Å². The molecule has 2 aromatic rings. The minimum Gasteiger partial charge on any atom is -0.399 e. The number of rotatable bonds is 4. The third kappa shape index (κ3) is 4.73. The van der Waals surface area contributed by atoms with Crippen LogP contribution in [-0.4, -0.2) is 18.4 Å². The Morgan fingerprint density at radius 2 is 1.88 bits per heavy atom. The molecule has 0 bridgehead atoms. The van der Waals surface area contributed by atoms with Crippen molar-refractivity contribution in [3.63, 3.8) is 0 Å². The molecule has 1 aliphatic rings. The molecule has 0 saturated carbocycles. The van der Waals surface area contributed by atoms with Crippen molar-refractivity contribution >= 4 is 35.6 Å². The molecule has 1 aliphatic heterocycles. The van der Waals surface area contributed by atoms with Crippen LogP contribution < -0.4 is 16.0 Å². The van der Waals surface area contributed by atoms with Crippen LogP contribution in [0.1, 0.15) is 35.2 Å². The number of hydrogen-bond acceptors (Lipinski definition) is 3. The molecule has 0 unspecified atom stereocenters. The van der Waals surface area contributed by atoms with Crippen molar-refractivity contribution < 1.29 is 9.59 Å². The number of carbonyl (C=O) groups excluding carboxylic acids is 2. The summed E-state index contributed by atoms with van der Waals surface area (Å²) in [6.07, 6.45) is 2.64. The van der Waals surface area contributed by atoms with Crippen LogP contribution in [0.4, 0.5) is 11.4 Å². The van der Waals surface area contributed by atoms with E-state index in [2.05, 4.69) is 5.32 Å². The first-order valence-corrected chi connectivity index (χ1v) is 8.16. The molecule has 0 atom stereocenters. The highest BCUT2D eigenvalue weighted by Gasteiger charge is 2.19. The molecule has 1 fully saturated rings. The lowest BCUT2D eigenvalue weighted by atomic mass is 10.1. The van der Waals surface area contributed by atoms with Crippen LogP contribution >= 0.6 is 12.4 Å². The van der Waals surface area contributed by atoms with Crippen LogP contribution in [0.2, 0.25) is 0 Å². The molecule has 2 amide bonds. The number of nitrogen functional groups attached to an aromatic ring is 1. The van der Waals surface area contributed by atoms with E-state index >= 15 is 0 Å². The Kier molecular flexibility index (Phi) is 6.42. The molecule has 0 aliphatic carbocycles. The van der Waals surface area contributed by atoms with E-state index < -0.39 is 0 Å². The van der Waals surface area contributed by atoms with Gasteiger partial charge in [-0.3, -0.25) is 9.59 Å². The molecule has 0 radical (unpaired) electrons. The lowest BCUT2D eigenvalue weighted by molar-refractivity contribution is -0.119. The number of halogens is 1. The largest absolute Gasteiger partial charge is 0.399 e. The van der Waals surface area contributed by atoms with Gasteiger partial charge in [0.05, 0.1) is 0 Å².